The first-order chi connectivity index (χ1) is 13.6. The Morgan fingerprint density at radius 3 is 2.69 bits per heavy atom. The van der Waals surface area contributed by atoms with E-state index in [1.807, 2.05) is 24.3 Å². The smallest absolute Gasteiger partial charge is 0.252 e. The third kappa shape index (κ3) is 5.36. The normalized spacial score (nSPS) is 14.6. The molecule has 1 aromatic heterocycles. The summed E-state index contributed by atoms with van der Waals surface area (Å²) in [5.41, 5.74) is 1.57. The molecule has 1 aliphatic heterocycles. The van der Waals surface area contributed by atoms with Gasteiger partial charge < -0.3 is 10.2 Å². The molecule has 1 fully saturated rings. The van der Waals surface area contributed by atoms with Crippen LogP contribution in [0.3, 0.4) is 0 Å². The van der Waals surface area contributed by atoms with Crippen molar-refractivity contribution in [3.63, 3.8) is 0 Å². The molecule has 4 rings (SSSR count). The molecule has 2 heterocycles. The van der Waals surface area contributed by atoms with Crippen LogP contribution in [0.5, 0.6) is 0 Å². The molecule has 3 aromatic rings. The fraction of sp³-hybridized carbons (Fsp3) is 0.300. The van der Waals surface area contributed by atoms with Crippen molar-refractivity contribution in [3.05, 3.63) is 57.4 Å². The molecule has 5 nitrogen and oxygen atoms in total. The Morgan fingerprint density at radius 1 is 1.17 bits per heavy atom. The van der Waals surface area contributed by atoms with Crippen LogP contribution in [-0.2, 0) is 0 Å². The van der Waals surface area contributed by atoms with Crippen molar-refractivity contribution >= 4 is 67.6 Å². The van der Waals surface area contributed by atoms with Crippen molar-refractivity contribution < 1.29 is 9.18 Å². The summed E-state index contributed by atoms with van der Waals surface area (Å²) in [6.45, 7) is 5.06. The number of aromatic nitrogens is 1. The van der Waals surface area contributed by atoms with E-state index in [1.54, 1.807) is 12.1 Å². The molecule has 154 valence electrons. The predicted molar refractivity (Wildman–Crippen MR) is 127 cm³/mol. The number of fused-ring (bicyclic) bond motifs is 1. The molecule has 0 aliphatic carbocycles. The van der Waals surface area contributed by atoms with Crippen LogP contribution in [0.25, 0.3) is 10.2 Å². The highest BCUT2D eigenvalue weighted by Gasteiger charge is 2.20. The maximum absolute atomic E-state index is 13.4. The van der Waals surface area contributed by atoms with Crippen LogP contribution in [0, 0.1) is 9.39 Å². The molecule has 0 radical (unpaired) electrons. The molecule has 0 spiro atoms. The van der Waals surface area contributed by atoms with Gasteiger partial charge in [0.1, 0.15) is 5.82 Å². The van der Waals surface area contributed by atoms with E-state index < -0.39 is 0 Å². The van der Waals surface area contributed by atoms with E-state index in [0.29, 0.717) is 6.54 Å². The Hall–Kier alpha value is -1.49. The van der Waals surface area contributed by atoms with E-state index in [2.05, 4.69) is 42.7 Å². The van der Waals surface area contributed by atoms with Crippen molar-refractivity contribution in [1.82, 2.24) is 15.2 Å². The number of amides is 1. The third-order valence-corrected chi connectivity index (χ3v) is 6.83. The number of hydrogen-bond acceptors (Lipinski definition) is 5. The molecule has 1 aliphatic rings. The quantitative estimate of drug-likeness (QED) is 0.492. The second-order valence-corrected chi connectivity index (χ2v) is 8.84. The number of piperazine rings is 1. The molecule has 2 aromatic carbocycles. The van der Waals surface area contributed by atoms with Crippen molar-refractivity contribution in [2.24, 2.45) is 0 Å². The van der Waals surface area contributed by atoms with Crippen LogP contribution >= 0.6 is 46.3 Å². The standard InChI is InChI=1S/C20H20FIN4OS.ClH/c21-14-5-6-17-18(13-14)28-20(24-17)26-11-9-25(10-12-26)8-7-23-19(27)15-3-1-2-4-16(15)22;/h1-6,13H,7-12H2,(H,23,27);1H. The molecular weight excluding hydrogens is 526 g/mol. The van der Waals surface area contributed by atoms with E-state index in [1.165, 1.54) is 17.4 Å². The Labute approximate surface area is 192 Å². The van der Waals surface area contributed by atoms with Gasteiger partial charge in [0.15, 0.2) is 5.13 Å². The van der Waals surface area contributed by atoms with Gasteiger partial charge in [0.2, 0.25) is 0 Å². The van der Waals surface area contributed by atoms with E-state index in [9.17, 15) is 9.18 Å². The summed E-state index contributed by atoms with van der Waals surface area (Å²) in [5, 5.41) is 3.96. The summed E-state index contributed by atoms with van der Waals surface area (Å²) in [6, 6.07) is 12.3. The Kier molecular flexibility index (Phi) is 7.66. The minimum atomic E-state index is -0.222. The number of nitrogens with zero attached hydrogens (tertiary/aromatic N) is 3. The van der Waals surface area contributed by atoms with Gasteiger partial charge in [0, 0.05) is 42.8 Å². The highest BCUT2D eigenvalue weighted by molar-refractivity contribution is 14.1. The molecule has 29 heavy (non-hydrogen) atoms. The van der Waals surface area contributed by atoms with Gasteiger partial charge in [-0.3, -0.25) is 9.69 Å². The van der Waals surface area contributed by atoms with E-state index in [4.69, 9.17) is 0 Å². The zero-order valence-electron chi connectivity index (χ0n) is 15.6. The Bertz CT molecular complexity index is 994. The summed E-state index contributed by atoms with van der Waals surface area (Å²) in [4.78, 5) is 21.5. The number of benzene rings is 2. The second kappa shape index (κ2) is 10.0. The van der Waals surface area contributed by atoms with Gasteiger partial charge in [-0.15, -0.1) is 12.4 Å². The van der Waals surface area contributed by atoms with Crippen LogP contribution in [-0.4, -0.2) is 55.1 Å². The van der Waals surface area contributed by atoms with Gasteiger partial charge in [-0.25, -0.2) is 9.37 Å². The highest BCUT2D eigenvalue weighted by Crippen LogP contribution is 2.29. The monoisotopic (exact) mass is 546 g/mol. The molecule has 1 N–H and O–H groups in total. The lowest BCUT2D eigenvalue weighted by Gasteiger charge is -2.34. The summed E-state index contributed by atoms with van der Waals surface area (Å²) in [7, 11) is 0. The van der Waals surface area contributed by atoms with Crippen LogP contribution in [0.1, 0.15) is 10.4 Å². The minimum Gasteiger partial charge on any atom is -0.351 e. The van der Waals surface area contributed by atoms with Crippen LogP contribution in [0.2, 0.25) is 0 Å². The number of nitrogens with one attached hydrogen (secondary N) is 1. The van der Waals surface area contributed by atoms with E-state index in [0.717, 1.165) is 57.2 Å². The van der Waals surface area contributed by atoms with Crippen molar-refractivity contribution in [1.29, 1.82) is 0 Å². The Morgan fingerprint density at radius 2 is 1.93 bits per heavy atom. The lowest BCUT2D eigenvalue weighted by atomic mass is 10.2. The average molecular weight is 547 g/mol. The predicted octanol–water partition coefficient (Wildman–Crippen LogP) is 4.01. The number of carbonyl (C=O) groups excluding carboxylic acids is 1. The number of thiazole rings is 1. The summed E-state index contributed by atoms with van der Waals surface area (Å²) < 4.78 is 15.2. The summed E-state index contributed by atoms with van der Waals surface area (Å²) in [5.74, 6) is -0.245. The van der Waals surface area contributed by atoms with Gasteiger partial charge in [-0.05, 0) is 52.9 Å². The lowest BCUT2D eigenvalue weighted by molar-refractivity contribution is 0.0947. The zero-order chi connectivity index (χ0) is 19.5. The number of hydrogen-bond donors (Lipinski definition) is 1. The SMILES string of the molecule is Cl.O=C(NCCN1CCN(c2nc3ccc(F)cc3s2)CC1)c1ccccc1I. The van der Waals surface area contributed by atoms with Crippen molar-refractivity contribution in [3.8, 4) is 0 Å². The Balaban J connectivity index is 0.00000240. The zero-order valence-corrected chi connectivity index (χ0v) is 19.4. The van der Waals surface area contributed by atoms with Gasteiger partial charge in [-0.2, -0.15) is 0 Å². The minimum absolute atomic E-state index is 0. The first kappa shape index (κ1) is 22.2. The van der Waals surface area contributed by atoms with Gasteiger partial charge in [0.25, 0.3) is 5.91 Å². The maximum atomic E-state index is 13.4. The highest BCUT2D eigenvalue weighted by atomic mass is 127. The first-order valence-corrected chi connectivity index (χ1v) is 11.1. The van der Waals surface area contributed by atoms with Crippen LogP contribution in [0.4, 0.5) is 9.52 Å². The molecule has 9 heteroatoms. The number of halogens is 3. The first-order valence-electron chi connectivity index (χ1n) is 9.16. The van der Waals surface area contributed by atoms with Crippen molar-refractivity contribution in [2.75, 3.05) is 44.2 Å². The molecule has 0 saturated carbocycles. The fourth-order valence-electron chi connectivity index (χ4n) is 3.25. The van der Waals surface area contributed by atoms with Gasteiger partial charge in [0.05, 0.1) is 15.8 Å². The number of anilines is 1. The third-order valence-electron chi connectivity index (χ3n) is 4.81. The summed E-state index contributed by atoms with van der Waals surface area (Å²) in [6.07, 6.45) is 0. The molecule has 0 atom stereocenters. The van der Waals surface area contributed by atoms with E-state index >= 15 is 0 Å². The van der Waals surface area contributed by atoms with Crippen LogP contribution < -0.4 is 10.2 Å². The fourth-order valence-corrected chi connectivity index (χ4v) is 4.93. The molecule has 1 amide bonds. The van der Waals surface area contributed by atoms with Crippen molar-refractivity contribution in [2.45, 2.75) is 0 Å². The van der Waals surface area contributed by atoms with Gasteiger partial charge >= 0.3 is 0 Å². The number of carbonyl (C=O) groups is 1. The molecule has 1 saturated heterocycles. The number of rotatable bonds is 5. The topological polar surface area (TPSA) is 48.5 Å². The largest absolute Gasteiger partial charge is 0.351 e. The molecule has 0 bridgehead atoms. The maximum Gasteiger partial charge on any atom is 0.252 e. The molecular formula is C20H21ClFIN4OS. The summed E-state index contributed by atoms with van der Waals surface area (Å²) >= 11 is 3.72. The van der Waals surface area contributed by atoms with E-state index in [-0.39, 0.29) is 24.1 Å². The molecule has 0 unspecified atom stereocenters. The van der Waals surface area contributed by atoms with Crippen LogP contribution in [0.15, 0.2) is 42.5 Å². The average Bonchev–Trinajstić information content (AvgIpc) is 3.12. The van der Waals surface area contributed by atoms with Gasteiger partial charge in [-0.1, -0.05) is 23.5 Å². The second-order valence-electron chi connectivity index (χ2n) is 6.67. The lowest BCUT2D eigenvalue weighted by Crippen LogP contribution is -2.48.